The zero-order valence-electron chi connectivity index (χ0n) is 11.9. The molecule has 4 heteroatoms. The zero-order valence-corrected chi connectivity index (χ0v) is 11.9. The van der Waals surface area contributed by atoms with E-state index in [2.05, 4.69) is 0 Å². The lowest BCUT2D eigenvalue weighted by atomic mass is 10.1. The lowest BCUT2D eigenvalue weighted by molar-refractivity contribution is 0.186. The Morgan fingerprint density at radius 2 is 1.95 bits per heavy atom. The summed E-state index contributed by atoms with van der Waals surface area (Å²) in [7, 11) is 1.63. The minimum atomic E-state index is -0.0246. The Labute approximate surface area is 118 Å². The van der Waals surface area contributed by atoms with Gasteiger partial charge in [-0.2, -0.15) is 0 Å². The number of benzene rings is 1. The molecule has 0 unspecified atom stereocenters. The molecule has 0 saturated heterocycles. The van der Waals surface area contributed by atoms with E-state index in [4.69, 9.17) is 10.5 Å². The van der Waals surface area contributed by atoms with E-state index in [9.17, 15) is 4.79 Å². The van der Waals surface area contributed by atoms with Gasteiger partial charge >= 0.3 is 0 Å². The van der Waals surface area contributed by atoms with Gasteiger partial charge in [-0.3, -0.25) is 4.79 Å². The van der Waals surface area contributed by atoms with E-state index in [-0.39, 0.29) is 12.1 Å². The molecule has 4 nitrogen and oxygen atoms in total. The summed E-state index contributed by atoms with van der Waals surface area (Å²) in [5.41, 5.74) is 9.20. The highest BCUT2D eigenvalue weighted by Gasteiger charge is 2.12. The molecule has 2 N–H and O–H groups in total. The van der Waals surface area contributed by atoms with Crippen LogP contribution in [0.15, 0.2) is 41.2 Å². The fraction of sp³-hybridized carbons (Fsp3) is 0.312. The Bertz CT molecular complexity index is 633. The van der Waals surface area contributed by atoms with Crippen molar-refractivity contribution in [2.45, 2.75) is 20.0 Å². The number of pyridine rings is 1. The summed E-state index contributed by atoms with van der Waals surface area (Å²) >= 11 is 0. The van der Waals surface area contributed by atoms with Crippen molar-refractivity contribution in [3.05, 3.63) is 57.9 Å². The zero-order chi connectivity index (χ0) is 14.5. The largest absolute Gasteiger partial charge is 0.383 e. The molecule has 0 aliphatic rings. The van der Waals surface area contributed by atoms with E-state index in [1.165, 1.54) is 0 Å². The molecule has 0 atom stereocenters. The summed E-state index contributed by atoms with van der Waals surface area (Å²) in [6, 6.07) is 11.9. The quantitative estimate of drug-likeness (QED) is 0.904. The fourth-order valence-electron chi connectivity index (χ4n) is 2.31. The summed E-state index contributed by atoms with van der Waals surface area (Å²) < 4.78 is 6.85. The molecule has 1 aromatic carbocycles. The van der Waals surface area contributed by atoms with Crippen molar-refractivity contribution >= 4 is 0 Å². The first-order chi connectivity index (χ1) is 9.69. The first kappa shape index (κ1) is 14.5. The van der Waals surface area contributed by atoms with Gasteiger partial charge in [-0.05, 0) is 24.1 Å². The minimum absolute atomic E-state index is 0.0246. The number of hydrogen-bond donors (Lipinski definition) is 1. The SMILES string of the molecule is COCCn1c(-c2ccccc2)cc(C)c(CN)c1=O. The Kier molecular flexibility index (Phi) is 4.71. The topological polar surface area (TPSA) is 57.2 Å². The second kappa shape index (κ2) is 6.50. The van der Waals surface area contributed by atoms with E-state index in [0.717, 1.165) is 16.8 Å². The van der Waals surface area contributed by atoms with Crippen molar-refractivity contribution < 1.29 is 4.74 Å². The van der Waals surface area contributed by atoms with Crippen LogP contribution in [0, 0.1) is 6.92 Å². The highest BCUT2D eigenvalue weighted by atomic mass is 16.5. The molecule has 2 aromatic rings. The normalized spacial score (nSPS) is 10.8. The van der Waals surface area contributed by atoms with Crippen molar-refractivity contribution in [2.75, 3.05) is 13.7 Å². The van der Waals surface area contributed by atoms with Gasteiger partial charge in [-0.1, -0.05) is 30.3 Å². The number of nitrogens with two attached hydrogens (primary N) is 1. The van der Waals surface area contributed by atoms with Gasteiger partial charge in [0, 0.05) is 25.8 Å². The maximum Gasteiger partial charge on any atom is 0.255 e. The summed E-state index contributed by atoms with van der Waals surface area (Å²) in [6.45, 7) is 3.20. The van der Waals surface area contributed by atoms with Gasteiger partial charge in [0.15, 0.2) is 0 Å². The van der Waals surface area contributed by atoms with Gasteiger partial charge in [0.05, 0.1) is 12.3 Å². The van der Waals surface area contributed by atoms with Crippen LogP contribution in [0.1, 0.15) is 11.1 Å². The molecule has 0 aliphatic carbocycles. The van der Waals surface area contributed by atoms with Gasteiger partial charge in [-0.25, -0.2) is 0 Å². The molecule has 0 fully saturated rings. The summed E-state index contributed by atoms with van der Waals surface area (Å²) in [4.78, 5) is 12.5. The van der Waals surface area contributed by atoms with Gasteiger partial charge in [0.1, 0.15) is 0 Å². The molecule has 1 aromatic heterocycles. The molecule has 2 rings (SSSR count). The number of aryl methyl sites for hydroxylation is 1. The third-order valence-electron chi connectivity index (χ3n) is 3.42. The van der Waals surface area contributed by atoms with Crippen molar-refractivity contribution in [2.24, 2.45) is 5.73 Å². The summed E-state index contributed by atoms with van der Waals surface area (Å²) in [6.07, 6.45) is 0. The van der Waals surface area contributed by atoms with Crippen LogP contribution in [-0.2, 0) is 17.8 Å². The highest BCUT2D eigenvalue weighted by molar-refractivity contribution is 5.61. The standard InChI is InChI=1S/C16H20N2O2/c1-12-10-15(13-6-4-3-5-7-13)18(8-9-20-2)16(19)14(12)11-17/h3-7,10H,8-9,11,17H2,1-2H3. The fourth-order valence-corrected chi connectivity index (χ4v) is 2.31. The van der Waals surface area contributed by atoms with Crippen LogP contribution in [0.4, 0.5) is 0 Å². The second-order valence-corrected chi connectivity index (χ2v) is 4.71. The second-order valence-electron chi connectivity index (χ2n) is 4.71. The monoisotopic (exact) mass is 272 g/mol. The molecule has 0 amide bonds. The summed E-state index contributed by atoms with van der Waals surface area (Å²) in [5.74, 6) is 0. The maximum atomic E-state index is 12.5. The van der Waals surface area contributed by atoms with Crippen LogP contribution < -0.4 is 11.3 Å². The number of ether oxygens (including phenoxy) is 1. The number of nitrogens with zero attached hydrogens (tertiary/aromatic N) is 1. The molecule has 106 valence electrons. The van der Waals surface area contributed by atoms with E-state index < -0.39 is 0 Å². The van der Waals surface area contributed by atoms with Gasteiger partial charge in [0.2, 0.25) is 0 Å². The number of methoxy groups -OCH3 is 1. The third kappa shape index (κ3) is 2.81. The van der Waals surface area contributed by atoms with Crippen LogP contribution in [0.5, 0.6) is 0 Å². The van der Waals surface area contributed by atoms with Gasteiger partial charge < -0.3 is 15.0 Å². The minimum Gasteiger partial charge on any atom is -0.383 e. The Morgan fingerprint density at radius 3 is 2.55 bits per heavy atom. The van der Waals surface area contributed by atoms with E-state index >= 15 is 0 Å². The molecular weight excluding hydrogens is 252 g/mol. The van der Waals surface area contributed by atoms with Gasteiger partial charge in [0.25, 0.3) is 5.56 Å². The summed E-state index contributed by atoms with van der Waals surface area (Å²) in [5, 5.41) is 0. The van der Waals surface area contributed by atoms with E-state index in [0.29, 0.717) is 18.7 Å². The number of rotatable bonds is 5. The molecule has 0 bridgehead atoms. The lowest BCUT2D eigenvalue weighted by Gasteiger charge is -2.16. The van der Waals surface area contributed by atoms with Crippen molar-refractivity contribution in [3.63, 3.8) is 0 Å². The average Bonchev–Trinajstić information content (AvgIpc) is 2.47. The van der Waals surface area contributed by atoms with Crippen LogP contribution in [0.3, 0.4) is 0 Å². The predicted molar refractivity (Wildman–Crippen MR) is 80.6 cm³/mol. The van der Waals surface area contributed by atoms with Crippen molar-refractivity contribution in [1.82, 2.24) is 4.57 Å². The lowest BCUT2D eigenvalue weighted by Crippen LogP contribution is -2.29. The highest BCUT2D eigenvalue weighted by Crippen LogP contribution is 2.20. The van der Waals surface area contributed by atoms with Gasteiger partial charge in [-0.15, -0.1) is 0 Å². The number of hydrogen-bond acceptors (Lipinski definition) is 3. The average molecular weight is 272 g/mol. The smallest absolute Gasteiger partial charge is 0.255 e. The molecular formula is C16H20N2O2. The Morgan fingerprint density at radius 1 is 1.25 bits per heavy atom. The third-order valence-corrected chi connectivity index (χ3v) is 3.42. The first-order valence-corrected chi connectivity index (χ1v) is 6.66. The molecule has 0 aliphatic heterocycles. The van der Waals surface area contributed by atoms with Crippen molar-refractivity contribution in [3.8, 4) is 11.3 Å². The van der Waals surface area contributed by atoms with Crippen LogP contribution in [0.25, 0.3) is 11.3 Å². The Hall–Kier alpha value is -1.91. The molecule has 0 saturated carbocycles. The Balaban J connectivity index is 2.63. The van der Waals surface area contributed by atoms with E-state index in [1.807, 2.05) is 43.3 Å². The maximum absolute atomic E-state index is 12.5. The number of aromatic nitrogens is 1. The van der Waals surface area contributed by atoms with Crippen LogP contribution in [-0.4, -0.2) is 18.3 Å². The molecule has 0 spiro atoms. The molecule has 1 heterocycles. The molecule has 20 heavy (non-hydrogen) atoms. The first-order valence-electron chi connectivity index (χ1n) is 6.66. The van der Waals surface area contributed by atoms with Crippen LogP contribution >= 0.6 is 0 Å². The molecule has 0 radical (unpaired) electrons. The predicted octanol–water partition coefficient (Wildman–Crippen LogP) is 1.93. The van der Waals surface area contributed by atoms with E-state index in [1.54, 1.807) is 11.7 Å². The van der Waals surface area contributed by atoms with Crippen molar-refractivity contribution in [1.29, 1.82) is 0 Å². The van der Waals surface area contributed by atoms with Crippen LogP contribution in [0.2, 0.25) is 0 Å².